The Bertz CT molecular complexity index is 1540. The topological polar surface area (TPSA) is 91.5 Å². The second kappa shape index (κ2) is 11.7. The number of Topliss-reactive ketones (excluding diaryl/α,β-unsaturated/α-hetero) is 1. The number of benzene rings is 3. The van der Waals surface area contributed by atoms with E-state index in [1.807, 2.05) is 42.5 Å². The molecule has 0 fully saturated rings. The van der Waals surface area contributed by atoms with E-state index in [1.165, 1.54) is 7.11 Å². The van der Waals surface area contributed by atoms with Crippen LogP contribution in [0.25, 0.3) is 27.6 Å². The molecule has 0 atom stereocenters. The lowest BCUT2D eigenvalue weighted by Gasteiger charge is -2.16. The molecule has 0 aliphatic carbocycles. The zero-order chi connectivity index (χ0) is 27.4. The number of nitrogens with zero attached hydrogens (tertiary/aromatic N) is 1. The first-order valence-corrected chi connectivity index (χ1v) is 12.6. The van der Waals surface area contributed by atoms with Crippen molar-refractivity contribution >= 4 is 51.4 Å². The highest BCUT2D eigenvalue weighted by Crippen LogP contribution is 2.32. The Labute approximate surface area is 231 Å². The molecule has 3 aromatic carbocycles. The van der Waals surface area contributed by atoms with Gasteiger partial charge in [-0.2, -0.15) is 0 Å². The summed E-state index contributed by atoms with van der Waals surface area (Å²) in [6, 6.07) is 20.2. The minimum atomic E-state index is -0.490. The quantitative estimate of drug-likeness (QED) is 0.189. The molecule has 38 heavy (non-hydrogen) atoms. The molecule has 0 aliphatic rings. The summed E-state index contributed by atoms with van der Waals surface area (Å²) in [6.07, 6.45) is 1.58. The van der Waals surface area contributed by atoms with Crippen molar-refractivity contribution in [2.24, 2.45) is 11.7 Å². The molecule has 1 aromatic heterocycles. The highest BCUT2D eigenvalue weighted by atomic mass is 35.5. The lowest BCUT2D eigenvalue weighted by Crippen LogP contribution is -2.21. The first-order chi connectivity index (χ1) is 18.2. The van der Waals surface area contributed by atoms with Gasteiger partial charge in [-0.05, 0) is 64.4 Å². The predicted octanol–water partition coefficient (Wildman–Crippen LogP) is 6.97. The van der Waals surface area contributed by atoms with Gasteiger partial charge in [0.15, 0.2) is 5.78 Å². The molecule has 6 nitrogen and oxygen atoms in total. The summed E-state index contributed by atoms with van der Waals surface area (Å²) in [5, 5.41) is 2.64. The van der Waals surface area contributed by atoms with Gasteiger partial charge in [-0.25, -0.2) is 9.78 Å². The van der Waals surface area contributed by atoms with Gasteiger partial charge in [0.2, 0.25) is 0 Å². The third kappa shape index (κ3) is 5.82. The summed E-state index contributed by atoms with van der Waals surface area (Å²) < 4.78 is 10.8. The molecule has 0 saturated heterocycles. The molecule has 0 bridgehead atoms. The number of ketones is 1. The summed E-state index contributed by atoms with van der Waals surface area (Å²) in [4.78, 5) is 28.9. The smallest absolute Gasteiger partial charge is 0.356 e. The molecule has 0 spiro atoms. The standard InChI is InChI=1S/C30H26Cl2N2O4/c1-17(2)29(35)23(28(33)27-24(31)5-4-6-25(27)32)16-38-22-10-9-19-13-18(7-8-20(19)14-22)21-11-12-34-26(15-21)30(36)37-3/h4-15,17H,16,33H2,1-3H3/b28-23-. The van der Waals surface area contributed by atoms with Gasteiger partial charge < -0.3 is 15.2 Å². The van der Waals surface area contributed by atoms with Crippen molar-refractivity contribution < 1.29 is 19.1 Å². The fourth-order valence-corrected chi connectivity index (χ4v) is 4.61. The van der Waals surface area contributed by atoms with Crippen LogP contribution in [0.4, 0.5) is 0 Å². The minimum absolute atomic E-state index is 0.0404. The van der Waals surface area contributed by atoms with Crippen LogP contribution < -0.4 is 10.5 Å². The number of rotatable bonds is 8. The van der Waals surface area contributed by atoms with Crippen molar-refractivity contribution in [2.75, 3.05) is 13.7 Å². The maximum atomic E-state index is 13.0. The molecule has 2 N–H and O–H groups in total. The zero-order valence-electron chi connectivity index (χ0n) is 21.1. The summed E-state index contributed by atoms with van der Waals surface area (Å²) >= 11 is 12.7. The molecular weight excluding hydrogens is 523 g/mol. The molecule has 8 heteroatoms. The van der Waals surface area contributed by atoms with E-state index < -0.39 is 5.97 Å². The maximum Gasteiger partial charge on any atom is 0.356 e. The largest absolute Gasteiger partial charge is 0.489 e. The lowest BCUT2D eigenvalue weighted by molar-refractivity contribution is -0.118. The molecular formula is C30H26Cl2N2O4. The van der Waals surface area contributed by atoms with Crippen LogP contribution >= 0.6 is 23.2 Å². The third-order valence-corrected chi connectivity index (χ3v) is 6.69. The number of esters is 1. The van der Waals surface area contributed by atoms with Gasteiger partial charge in [0.25, 0.3) is 0 Å². The highest BCUT2D eigenvalue weighted by molar-refractivity contribution is 6.37. The van der Waals surface area contributed by atoms with Crippen LogP contribution in [0.5, 0.6) is 5.75 Å². The predicted molar refractivity (Wildman–Crippen MR) is 151 cm³/mol. The summed E-state index contributed by atoms with van der Waals surface area (Å²) in [5.41, 5.74) is 9.36. The van der Waals surface area contributed by atoms with E-state index in [-0.39, 0.29) is 29.7 Å². The van der Waals surface area contributed by atoms with Crippen molar-refractivity contribution in [3.63, 3.8) is 0 Å². The molecule has 0 unspecified atom stereocenters. The highest BCUT2D eigenvalue weighted by Gasteiger charge is 2.22. The van der Waals surface area contributed by atoms with Gasteiger partial charge in [0.05, 0.1) is 28.4 Å². The van der Waals surface area contributed by atoms with E-state index in [1.54, 1.807) is 44.3 Å². The van der Waals surface area contributed by atoms with E-state index in [0.29, 0.717) is 26.9 Å². The number of aromatic nitrogens is 1. The molecule has 0 saturated carbocycles. The van der Waals surface area contributed by atoms with E-state index >= 15 is 0 Å². The van der Waals surface area contributed by atoms with Gasteiger partial charge in [0.1, 0.15) is 18.1 Å². The number of nitrogens with two attached hydrogens (primary N) is 1. The van der Waals surface area contributed by atoms with Gasteiger partial charge in [0, 0.05) is 17.7 Å². The Morgan fingerprint density at radius 1 is 0.921 bits per heavy atom. The number of ether oxygens (including phenoxy) is 2. The van der Waals surface area contributed by atoms with Crippen LogP contribution in [0.15, 0.2) is 78.5 Å². The normalized spacial score (nSPS) is 11.8. The first-order valence-electron chi connectivity index (χ1n) is 11.9. The van der Waals surface area contributed by atoms with Crippen LogP contribution in [-0.4, -0.2) is 30.5 Å². The molecule has 4 aromatic rings. The SMILES string of the molecule is COC(=O)c1cc(-c2ccc3cc(OC/C(C(=O)C(C)C)=C(/N)c4c(Cl)cccc4Cl)ccc3c2)ccn1. The number of halogens is 2. The van der Waals surface area contributed by atoms with Gasteiger partial charge in [-0.15, -0.1) is 0 Å². The third-order valence-electron chi connectivity index (χ3n) is 6.06. The Balaban J connectivity index is 1.62. The number of hydrogen-bond acceptors (Lipinski definition) is 6. The van der Waals surface area contributed by atoms with Crippen molar-refractivity contribution in [1.29, 1.82) is 0 Å². The average Bonchev–Trinajstić information content (AvgIpc) is 2.92. The molecule has 194 valence electrons. The molecule has 0 radical (unpaired) electrons. The molecule has 1 heterocycles. The molecule has 4 rings (SSSR count). The Morgan fingerprint density at radius 3 is 2.26 bits per heavy atom. The molecule has 0 amide bonds. The van der Waals surface area contributed by atoms with Crippen LogP contribution in [0.2, 0.25) is 10.0 Å². The number of fused-ring (bicyclic) bond motifs is 1. The second-order valence-electron chi connectivity index (χ2n) is 8.94. The Kier molecular flexibility index (Phi) is 8.35. The van der Waals surface area contributed by atoms with Crippen molar-refractivity contribution in [2.45, 2.75) is 13.8 Å². The summed E-state index contributed by atoms with van der Waals surface area (Å²) in [5.74, 6) is -0.352. The van der Waals surface area contributed by atoms with E-state index in [0.717, 1.165) is 21.9 Å². The van der Waals surface area contributed by atoms with E-state index in [4.69, 9.17) is 38.4 Å². The Hall–Kier alpha value is -3.87. The summed E-state index contributed by atoms with van der Waals surface area (Å²) in [6.45, 7) is 3.56. The van der Waals surface area contributed by atoms with E-state index in [9.17, 15) is 9.59 Å². The van der Waals surface area contributed by atoms with Crippen molar-refractivity contribution in [1.82, 2.24) is 4.98 Å². The van der Waals surface area contributed by atoms with Gasteiger partial charge in [-0.3, -0.25) is 4.79 Å². The Morgan fingerprint density at radius 2 is 1.58 bits per heavy atom. The van der Waals surface area contributed by atoms with Gasteiger partial charge >= 0.3 is 5.97 Å². The average molecular weight is 549 g/mol. The van der Waals surface area contributed by atoms with Crippen LogP contribution in [0.3, 0.4) is 0 Å². The molecule has 0 aliphatic heterocycles. The van der Waals surface area contributed by atoms with Crippen molar-refractivity contribution in [3.8, 4) is 16.9 Å². The fourth-order valence-electron chi connectivity index (χ4n) is 4.01. The second-order valence-corrected chi connectivity index (χ2v) is 9.76. The van der Waals surface area contributed by atoms with Crippen molar-refractivity contribution in [3.05, 3.63) is 99.8 Å². The minimum Gasteiger partial charge on any atom is -0.489 e. The maximum absolute atomic E-state index is 13.0. The number of hydrogen-bond donors (Lipinski definition) is 1. The zero-order valence-corrected chi connectivity index (χ0v) is 22.6. The fraction of sp³-hybridized carbons (Fsp3) is 0.167. The van der Waals surface area contributed by atoms with Crippen LogP contribution in [0.1, 0.15) is 29.9 Å². The van der Waals surface area contributed by atoms with Crippen LogP contribution in [0, 0.1) is 5.92 Å². The monoisotopic (exact) mass is 548 g/mol. The number of carbonyl (C=O) groups is 2. The number of carbonyl (C=O) groups excluding carboxylic acids is 2. The summed E-state index contributed by atoms with van der Waals surface area (Å²) in [7, 11) is 1.32. The van der Waals surface area contributed by atoms with E-state index in [2.05, 4.69) is 4.98 Å². The van der Waals surface area contributed by atoms with Crippen LogP contribution in [-0.2, 0) is 9.53 Å². The first kappa shape index (κ1) is 27.2. The van der Waals surface area contributed by atoms with Gasteiger partial charge in [-0.1, -0.05) is 61.3 Å². The number of pyridine rings is 1. The lowest BCUT2D eigenvalue weighted by atomic mass is 9.97. The number of methoxy groups -OCH3 is 1.